The number of piperidine rings is 1. The van der Waals surface area contributed by atoms with Gasteiger partial charge in [0.1, 0.15) is 0 Å². The van der Waals surface area contributed by atoms with Crippen molar-refractivity contribution in [1.82, 2.24) is 10.2 Å². The van der Waals surface area contributed by atoms with Gasteiger partial charge in [-0.2, -0.15) is 8.42 Å². The van der Waals surface area contributed by atoms with E-state index in [1.54, 1.807) is 24.3 Å². The van der Waals surface area contributed by atoms with Crippen LogP contribution in [0.1, 0.15) is 108 Å². The molecule has 2 amide bonds. The number of urea groups is 1. The molecule has 0 aromatic heterocycles. The molecule has 0 radical (unpaired) electrons. The Morgan fingerprint density at radius 1 is 0.714 bits per heavy atom. The molecule has 3 aromatic rings. The smallest absolute Gasteiger partial charge is 0.319 e. The normalized spacial score (nSPS) is 19.4. The topological polar surface area (TPSA) is 87.7 Å². The third-order valence-electron chi connectivity index (χ3n) is 10.7. The summed E-state index contributed by atoms with van der Waals surface area (Å²) in [5.74, 6) is 1.27. The van der Waals surface area contributed by atoms with Crippen molar-refractivity contribution in [2.45, 2.75) is 121 Å². The number of carbonyl (C=O) groups is 1. The van der Waals surface area contributed by atoms with Crippen molar-refractivity contribution < 1.29 is 17.4 Å². The summed E-state index contributed by atoms with van der Waals surface area (Å²) in [5.41, 5.74) is 1.90. The van der Waals surface area contributed by atoms with Gasteiger partial charge in [-0.15, -0.1) is 0 Å². The summed E-state index contributed by atoms with van der Waals surface area (Å²) in [7, 11) is -3.60. The summed E-state index contributed by atoms with van der Waals surface area (Å²) in [6, 6.07) is 21.3. The second-order valence-electron chi connectivity index (χ2n) is 14.7. The number of nitrogens with zero attached hydrogens (tertiary/aromatic N) is 1. The van der Waals surface area contributed by atoms with Crippen LogP contribution in [0.25, 0.3) is 10.8 Å². The van der Waals surface area contributed by atoms with Crippen LogP contribution in [-0.2, 0) is 14.3 Å². The van der Waals surface area contributed by atoms with Crippen LogP contribution in [0.2, 0.25) is 0 Å². The number of likely N-dealkylation sites (tertiary alicyclic amines) is 1. The van der Waals surface area contributed by atoms with Gasteiger partial charge in [-0.3, -0.25) is 4.18 Å². The maximum atomic E-state index is 12.5. The molecule has 0 atom stereocenters. The quantitative estimate of drug-likeness (QED) is 0.230. The van der Waals surface area contributed by atoms with Crippen molar-refractivity contribution in [1.29, 1.82) is 0 Å². The lowest BCUT2D eigenvalue weighted by atomic mass is 9.90. The van der Waals surface area contributed by atoms with Gasteiger partial charge in [-0.1, -0.05) is 112 Å². The second-order valence-corrected chi connectivity index (χ2v) is 16.3. The number of nitrogens with one attached hydrogen (secondary N) is 2. The van der Waals surface area contributed by atoms with E-state index >= 15 is 0 Å². The van der Waals surface area contributed by atoms with E-state index in [9.17, 15) is 13.2 Å². The van der Waals surface area contributed by atoms with E-state index in [4.69, 9.17) is 4.18 Å². The Morgan fingerprint density at radius 2 is 1.29 bits per heavy atom. The Kier molecular flexibility index (Phi) is 14.8. The van der Waals surface area contributed by atoms with Crippen LogP contribution in [0.15, 0.2) is 71.6 Å². The van der Waals surface area contributed by atoms with Crippen molar-refractivity contribution in [2.24, 2.45) is 11.8 Å². The zero-order valence-electron chi connectivity index (χ0n) is 29.7. The van der Waals surface area contributed by atoms with E-state index in [1.165, 1.54) is 89.0 Å². The Bertz CT molecular complexity index is 1520. The average Bonchev–Trinajstić information content (AvgIpc) is 3.07. The fourth-order valence-corrected chi connectivity index (χ4v) is 8.61. The molecule has 268 valence electrons. The lowest BCUT2D eigenvalue weighted by Gasteiger charge is -2.35. The number of aryl methyl sites for hydroxylation is 1. The first-order valence-electron chi connectivity index (χ1n) is 19.1. The van der Waals surface area contributed by atoms with Gasteiger partial charge in [0.25, 0.3) is 10.1 Å². The number of hydrogen-bond donors (Lipinski definition) is 2. The SMILES string of the molecule is Cc1ccc(S(=O)(=O)OCC2CCCCCCC2)cc1.O=C(Nc1ccc2ccccc2c1)NC1CCN(CC2CCCCCCC2)CC1. The summed E-state index contributed by atoms with van der Waals surface area (Å²) in [6.07, 6.45) is 20.4. The molecule has 3 fully saturated rings. The number of carbonyl (C=O) groups excluding carboxylic acids is 1. The first kappa shape index (κ1) is 37.3. The molecule has 6 rings (SSSR count). The van der Waals surface area contributed by atoms with Crippen LogP contribution in [0, 0.1) is 18.8 Å². The summed E-state index contributed by atoms with van der Waals surface area (Å²) in [5, 5.41) is 8.52. The predicted octanol–water partition coefficient (Wildman–Crippen LogP) is 9.85. The third-order valence-corrected chi connectivity index (χ3v) is 12.0. The molecule has 3 aliphatic rings. The first-order valence-corrected chi connectivity index (χ1v) is 20.5. The molecule has 1 saturated heterocycles. The molecule has 2 saturated carbocycles. The van der Waals surface area contributed by atoms with Gasteiger partial charge < -0.3 is 15.5 Å². The lowest BCUT2D eigenvalue weighted by molar-refractivity contribution is 0.161. The van der Waals surface area contributed by atoms with Gasteiger partial charge in [0.05, 0.1) is 11.5 Å². The maximum absolute atomic E-state index is 12.5. The van der Waals surface area contributed by atoms with E-state index in [1.807, 2.05) is 31.2 Å². The molecule has 8 heteroatoms. The number of anilines is 1. The highest BCUT2D eigenvalue weighted by molar-refractivity contribution is 7.86. The maximum Gasteiger partial charge on any atom is 0.319 e. The zero-order chi connectivity index (χ0) is 34.3. The van der Waals surface area contributed by atoms with Crippen molar-refractivity contribution in [3.05, 3.63) is 72.3 Å². The van der Waals surface area contributed by atoms with Crippen LogP contribution in [0.4, 0.5) is 10.5 Å². The van der Waals surface area contributed by atoms with E-state index in [-0.39, 0.29) is 17.0 Å². The summed E-state index contributed by atoms with van der Waals surface area (Å²) < 4.78 is 29.5. The lowest BCUT2D eigenvalue weighted by Crippen LogP contribution is -2.46. The molecule has 1 aliphatic heterocycles. The minimum absolute atomic E-state index is 0.0845. The van der Waals surface area contributed by atoms with Crippen molar-refractivity contribution in [3.63, 3.8) is 0 Å². The molecule has 3 aromatic carbocycles. The molecular formula is C41H59N3O4S. The fraction of sp³-hybridized carbons (Fsp3) is 0.585. The van der Waals surface area contributed by atoms with E-state index in [0.29, 0.717) is 12.5 Å². The molecule has 49 heavy (non-hydrogen) atoms. The molecule has 0 bridgehead atoms. The van der Waals surface area contributed by atoms with Crippen LogP contribution in [0.3, 0.4) is 0 Å². The monoisotopic (exact) mass is 689 g/mol. The molecular weight excluding hydrogens is 631 g/mol. The fourth-order valence-electron chi connectivity index (χ4n) is 7.63. The third kappa shape index (κ3) is 12.7. The van der Waals surface area contributed by atoms with Crippen molar-refractivity contribution >= 4 is 32.6 Å². The van der Waals surface area contributed by atoms with Crippen LogP contribution < -0.4 is 10.6 Å². The van der Waals surface area contributed by atoms with Gasteiger partial charge >= 0.3 is 6.03 Å². The minimum Gasteiger partial charge on any atom is -0.335 e. The van der Waals surface area contributed by atoms with E-state index < -0.39 is 10.1 Å². The summed E-state index contributed by atoms with van der Waals surface area (Å²) >= 11 is 0. The molecule has 7 nitrogen and oxygen atoms in total. The van der Waals surface area contributed by atoms with Gasteiger partial charge in [0, 0.05) is 31.4 Å². The van der Waals surface area contributed by atoms with Crippen LogP contribution >= 0.6 is 0 Å². The van der Waals surface area contributed by atoms with E-state index in [0.717, 1.165) is 61.3 Å². The van der Waals surface area contributed by atoms with Crippen molar-refractivity contribution in [2.75, 3.05) is 31.6 Å². The predicted molar refractivity (Wildman–Crippen MR) is 201 cm³/mol. The molecule has 0 spiro atoms. The Labute approximate surface area is 295 Å². The first-order chi connectivity index (χ1) is 23.8. The Balaban J connectivity index is 0.000000205. The number of amides is 2. The van der Waals surface area contributed by atoms with Gasteiger partial charge in [0.15, 0.2) is 0 Å². The van der Waals surface area contributed by atoms with Crippen LogP contribution in [-0.4, -0.2) is 51.6 Å². The van der Waals surface area contributed by atoms with Gasteiger partial charge in [-0.05, 0) is 92.3 Å². The standard InChI is InChI=1S/C25H35N3O.C16H24O3S/c29-25(27-24-13-12-21-10-6-7-11-22(21)18-24)26-23-14-16-28(17-15-23)19-20-8-4-2-1-3-5-9-20;1-14-9-11-16(12-10-14)20(17,18)19-13-15-7-5-3-2-4-6-8-15/h6-7,10-13,18,20,23H,1-5,8-9,14-17,19H2,(H2,26,27,29);9-12,15H,2-8,13H2,1H3. The minimum atomic E-state index is -3.60. The van der Waals surface area contributed by atoms with Crippen LogP contribution in [0.5, 0.6) is 0 Å². The summed E-state index contributed by atoms with van der Waals surface area (Å²) in [6.45, 7) is 5.74. The van der Waals surface area contributed by atoms with Gasteiger partial charge in [-0.25, -0.2) is 4.79 Å². The molecule has 1 heterocycles. The summed E-state index contributed by atoms with van der Waals surface area (Å²) in [4.78, 5) is 15.3. The highest BCUT2D eigenvalue weighted by atomic mass is 32.2. The van der Waals surface area contributed by atoms with Gasteiger partial charge in [0.2, 0.25) is 0 Å². The molecule has 2 aliphatic carbocycles. The number of hydrogen-bond acceptors (Lipinski definition) is 5. The second kappa shape index (κ2) is 19.5. The van der Waals surface area contributed by atoms with E-state index in [2.05, 4.69) is 33.7 Å². The molecule has 0 unspecified atom stereocenters. The number of fused-ring (bicyclic) bond motifs is 1. The largest absolute Gasteiger partial charge is 0.335 e. The molecule has 2 N–H and O–H groups in total. The average molecular weight is 690 g/mol. The zero-order valence-corrected chi connectivity index (χ0v) is 30.5. The number of rotatable bonds is 8. The number of benzene rings is 3. The Hall–Kier alpha value is -2.94. The Morgan fingerprint density at radius 3 is 1.92 bits per heavy atom. The highest BCUT2D eigenvalue weighted by Gasteiger charge is 2.23. The van der Waals surface area contributed by atoms with Crippen molar-refractivity contribution in [3.8, 4) is 0 Å². The highest BCUT2D eigenvalue weighted by Crippen LogP contribution is 2.26.